The molecule has 0 saturated heterocycles. The lowest BCUT2D eigenvalue weighted by Crippen LogP contribution is -2.32. The molecule has 132 valence electrons. The van der Waals surface area contributed by atoms with Crippen LogP contribution in [-0.2, 0) is 18.3 Å². The fourth-order valence-electron chi connectivity index (χ4n) is 2.95. The van der Waals surface area contributed by atoms with Crippen LogP contribution in [0.15, 0.2) is 30.6 Å². The number of hydrogen-bond donors (Lipinski definition) is 2. The van der Waals surface area contributed by atoms with E-state index in [0.717, 1.165) is 22.4 Å². The molecule has 0 bridgehead atoms. The van der Waals surface area contributed by atoms with Crippen LogP contribution in [0.25, 0.3) is 11.0 Å². The molecule has 2 aromatic heterocycles. The third-order valence-corrected chi connectivity index (χ3v) is 4.33. The zero-order valence-corrected chi connectivity index (χ0v) is 15.2. The maximum atomic E-state index is 12.4. The first kappa shape index (κ1) is 17.2. The summed E-state index contributed by atoms with van der Waals surface area (Å²) in [5, 5.41) is 7.26. The third-order valence-electron chi connectivity index (χ3n) is 4.33. The van der Waals surface area contributed by atoms with E-state index in [0.29, 0.717) is 12.8 Å². The van der Waals surface area contributed by atoms with Crippen LogP contribution in [0.3, 0.4) is 0 Å². The maximum absolute atomic E-state index is 12.4. The number of aromatic amines is 1. The number of benzene rings is 1. The first-order valence-corrected chi connectivity index (χ1v) is 8.65. The number of imidazole rings is 1. The van der Waals surface area contributed by atoms with E-state index in [1.54, 1.807) is 10.9 Å². The topological polar surface area (TPSA) is 75.6 Å². The zero-order chi connectivity index (χ0) is 18.0. The predicted molar refractivity (Wildman–Crippen MR) is 98.1 cm³/mol. The molecule has 2 heterocycles. The van der Waals surface area contributed by atoms with Gasteiger partial charge in [-0.1, -0.05) is 19.9 Å². The van der Waals surface area contributed by atoms with E-state index in [-0.39, 0.29) is 17.9 Å². The fraction of sp³-hybridized carbons (Fsp3) is 0.421. The largest absolute Gasteiger partial charge is 0.346 e. The van der Waals surface area contributed by atoms with Crippen LogP contribution in [0.1, 0.15) is 43.3 Å². The van der Waals surface area contributed by atoms with E-state index in [4.69, 9.17) is 0 Å². The molecule has 1 amide bonds. The van der Waals surface area contributed by atoms with Crippen molar-refractivity contribution in [2.75, 3.05) is 0 Å². The van der Waals surface area contributed by atoms with Gasteiger partial charge >= 0.3 is 0 Å². The van der Waals surface area contributed by atoms with Gasteiger partial charge in [0, 0.05) is 19.7 Å². The highest BCUT2D eigenvalue weighted by atomic mass is 16.1. The van der Waals surface area contributed by atoms with Gasteiger partial charge in [-0.15, -0.1) is 0 Å². The van der Waals surface area contributed by atoms with Gasteiger partial charge in [-0.2, -0.15) is 5.10 Å². The Morgan fingerprint density at radius 3 is 2.84 bits per heavy atom. The molecular formula is C19H25N5O. The lowest BCUT2D eigenvalue weighted by Gasteiger charge is -2.20. The van der Waals surface area contributed by atoms with Crippen molar-refractivity contribution in [2.24, 2.45) is 13.0 Å². The van der Waals surface area contributed by atoms with E-state index in [2.05, 4.69) is 47.2 Å². The summed E-state index contributed by atoms with van der Waals surface area (Å²) in [6.07, 6.45) is 4.86. The second kappa shape index (κ2) is 7.09. The van der Waals surface area contributed by atoms with Gasteiger partial charge in [-0.05, 0) is 42.5 Å². The number of nitrogens with one attached hydrogen (secondary N) is 2. The van der Waals surface area contributed by atoms with Crippen molar-refractivity contribution in [3.8, 4) is 0 Å². The number of amides is 1. The molecule has 1 aromatic carbocycles. The molecule has 0 aliphatic rings. The minimum atomic E-state index is -0.130. The molecule has 3 aromatic rings. The summed E-state index contributed by atoms with van der Waals surface area (Å²) in [5.41, 5.74) is 4.18. The van der Waals surface area contributed by atoms with Crippen LogP contribution < -0.4 is 5.32 Å². The standard InChI is InChI=1S/C19H25N5O/c1-12(2)18(19-21-15-7-5-13(3)9-16(15)22-19)23-17(25)8-6-14-10-20-24(4)11-14/h5,7,9-12,18H,6,8H2,1-4H3,(H,21,22)(H,23,25)/t18-/m1/s1. The van der Waals surface area contributed by atoms with Crippen molar-refractivity contribution >= 4 is 16.9 Å². The van der Waals surface area contributed by atoms with Gasteiger partial charge in [-0.25, -0.2) is 4.98 Å². The van der Waals surface area contributed by atoms with Crippen molar-refractivity contribution in [2.45, 2.75) is 39.7 Å². The van der Waals surface area contributed by atoms with Crippen molar-refractivity contribution in [1.29, 1.82) is 0 Å². The minimum Gasteiger partial charge on any atom is -0.346 e. The van der Waals surface area contributed by atoms with Gasteiger partial charge in [0.15, 0.2) is 0 Å². The maximum Gasteiger partial charge on any atom is 0.220 e. The molecule has 2 N–H and O–H groups in total. The van der Waals surface area contributed by atoms with Crippen LogP contribution in [-0.4, -0.2) is 25.7 Å². The highest BCUT2D eigenvalue weighted by molar-refractivity contribution is 5.78. The summed E-state index contributed by atoms with van der Waals surface area (Å²) in [6.45, 7) is 6.23. The van der Waals surface area contributed by atoms with Gasteiger partial charge in [0.05, 0.1) is 23.3 Å². The van der Waals surface area contributed by atoms with Crippen molar-refractivity contribution in [3.05, 3.63) is 47.5 Å². The van der Waals surface area contributed by atoms with Crippen LogP contribution >= 0.6 is 0 Å². The van der Waals surface area contributed by atoms with E-state index in [1.807, 2.05) is 25.4 Å². The number of nitrogens with zero attached hydrogens (tertiary/aromatic N) is 3. The normalized spacial score (nSPS) is 12.7. The minimum absolute atomic E-state index is 0.0270. The average Bonchev–Trinajstić information content (AvgIpc) is 3.15. The number of aromatic nitrogens is 4. The summed E-state index contributed by atoms with van der Waals surface area (Å²) < 4.78 is 1.75. The summed E-state index contributed by atoms with van der Waals surface area (Å²) in [6, 6.07) is 6.00. The summed E-state index contributed by atoms with van der Waals surface area (Å²) in [4.78, 5) is 20.4. The predicted octanol–water partition coefficient (Wildman–Crippen LogP) is 3.05. The molecule has 0 unspecified atom stereocenters. The number of hydrogen-bond acceptors (Lipinski definition) is 3. The third kappa shape index (κ3) is 4.07. The number of fused-ring (bicyclic) bond motifs is 1. The van der Waals surface area contributed by atoms with Gasteiger partial charge in [-0.3, -0.25) is 9.48 Å². The Morgan fingerprint density at radius 2 is 2.16 bits per heavy atom. The Hall–Kier alpha value is -2.63. The molecule has 25 heavy (non-hydrogen) atoms. The van der Waals surface area contributed by atoms with Crippen molar-refractivity contribution < 1.29 is 4.79 Å². The number of carbonyl (C=O) groups is 1. The highest BCUT2D eigenvalue weighted by Gasteiger charge is 2.21. The summed E-state index contributed by atoms with van der Waals surface area (Å²) in [7, 11) is 1.88. The van der Waals surface area contributed by atoms with Crippen LogP contribution in [0.2, 0.25) is 0 Å². The Morgan fingerprint density at radius 1 is 1.36 bits per heavy atom. The molecule has 0 aliphatic carbocycles. The summed E-state index contributed by atoms with van der Waals surface area (Å²) in [5.74, 6) is 1.08. The van der Waals surface area contributed by atoms with Crippen molar-refractivity contribution in [1.82, 2.24) is 25.1 Å². The van der Waals surface area contributed by atoms with E-state index >= 15 is 0 Å². The Labute approximate surface area is 147 Å². The molecular weight excluding hydrogens is 314 g/mol. The second-order valence-electron chi connectivity index (χ2n) is 6.95. The first-order chi connectivity index (χ1) is 11.9. The van der Waals surface area contributed by atoms with Gasteiger partial charge < -0.3 is 10.3 Å². The molecule has 6 heteroatoms. The highest BCUT2D eigenvalue weighted by Crippen LogP contribution is 2.23. The van der Waals surface area contributed by atoms with E-state index in [9.17, 15) is 4.79 Å². The molecule has 0 fully saturated rings. The average molecular weight is 339 g/mol. The number of rotatable bonds is 6. The monoisotopic (exact) mass is 339 g/mol. The van der Waals surface area contributed by atoms with Crippen LogP contribution in [0.5, 0.6) is 0 Å². The number of aryl methyl sites for hydroxylation is 3. The molecule has 0 radical (unpaired) electrons. The smallest absolute Gasteiger partial charge is 0.220 e. The number of carbonyl (C=O) groups excluding carboxylic acids is 1. The molecule has 6 nitrogen and oxygen atoms in total. The first-order valence-electron chi connectivity index (χ1n) is 8.65. The number of H-pyrrole nitrogens is 1. The van der Waals surface area contributed by atoms with E-state index < -0.39 is 0 Å². The molecule has 0 saturated carbocycles. The van der Waals surface area contributed by atoms with Crippen LogP contribution in [0.4, 0.5) is 0 Å². The molecule has 0 spiro atoms. The summed E-state index contributed by atoms with van der Waals surface area (Å²) >= 11 is 0. The van der Waals surface area contributed by atoms with Gasteiger partial charge in [0.2, 0.25) is 5.91 Å². The Kier molecular flexibility index (Phi) is 4.88. The van der Waals surface area contributed by atoms with Gasteiger partial charge in [0.25, 0.3) is 0 Å². The molecule has 0 aliphatic heterocycles. The molecule has 1 atom stereocenters. The lowest BCUT2D eigenvalue weighted by atomic mass is 10.0. The molecule has 3 rings (SSSR count). The lowest BCUT2D eigenvalue weighted by molar-refractivity contribution is -0.122. The van der Waals surface area contributed by atoms with Crippen molar-refractivity contribution in [3.63, 3.8) is 0 Å². The zero-order valence-electron chi connectivity index (χ0n) is 15.2. The Bertz CT molecular complexity index is 877. The quantitative estimate of drug-likeness (QED) is 0.725. The Balaban J connectivity index is 1.70. The van der Waals surface area contributed by atoms with E-state index in [1.165, 1.54) is 5.56 Å². The SMILES string of the molecule is Cc1ccc2nc([C@H](NC(=O)CCc3cnn(C)c3)C(C)C)[nH]c2c1. The fourth-order valence-corrected chi connectivity index (χ4v) is 2.95. The van der Waals surface area contributed by atoms with Crippen LogP contribution in [0, 0.1) is 12.8 Å². The second-order valence-corrected chi connectivity index (χ2v) is 6.95. The van der Waals surface area contributed by atoms with Gasteiger partial charge in [0.1, 0.15) is 5.82 Å².